The molecule has 34 heavy (non-hydrogen) atoms. The number of para-hydroxylation sites is 2. The molecule has 0 saturated heterocycles. The molecule has 0 bridgehead atoms. The van der Waals surface area contributed by atoms with Crippen molar-refractivity contribution in [1.29, 1.82) is 0 Å². The third kappa shape index (κ3) is 2.84. The Labute approximate surface area is 207 Å². The van der Waals surface area contributed by atoms with Gasteiger partial charge in [-0.15, -0.1) is 0 Å². The first-order chi connectivity index (χ1) is 16.7. The number of rotatable bonds is 2. The normalized spacial score (nSPS) is 11.8. The van der Waals surface area contributed by atoms with E-state index in [-0.39, 0.29) is 0 Å². The molecule has 0 unspecified atom stereocenters. The Morgan fingerprint density at radius 1 is 0.676 bits per heavy atom. The summed E-state index contributed by atoms with van der Waals surface area (Å²) >= 11 is -0.408. The minimum absolute atomic E-state index is 0.408. The van der Waals surface area contributed by atoms with Crippen LogP contribution < -0.4 is 4.57 Å². The van der Waals surface area contributed by atoms with Gasteiger partial charge in [0.2, 0.25) is 0 Å². The van der Waals surface area contributed by atoms with E-state index < -0.39 is 20.4 Å². The van der Waals surface area contributed by atoms with Crippen LogP contribution in [0.4, 0.5) is 0 Å². The van der Waals surface area contributed by atoms with Crippen LogP contribution in [0.1, 0.15) is 5.56 Å². The van der Waals surface area contributed by atoms with E-state index in [4.69, 9.17) is 0 Å². The molecule has 0 aliphatic rings. The Hall–Kier alpha value is -3.38. The molecule has 2 nitrogen and oxygen atoms in total. The van der Waals surface area contributed by atoms with Gasteiger partial charge in [0.05, 0.1) is 0 Å². The van der Waals surface area contributed by atoms with Gasteiger partial charge in [0, 0.05) is 0 Å². The Bertz CT molecular complexity index is 1830. The second-order valence-corrected chi connectivity index (χ2v) is 12.0. The summed E-state index contributed by atoms with van der Waals surface area (Å²) in [5.74, 6) is 0. The zero-order valence-corrected chi connectivity index (χ0v) is 21.4. The molecule has 4 aromatic carbocycles. The number of nitrogens with zero attached hydrogens (tertiary/aromatic N) is 2. The van der Waals surface area contributed by atoms with E-state index in [1.165, 1.54) is 54.9 Å². The zero-order chi connectivity index (χ0) is 22.8. The van der Waals surface area contributed by atoms with Gasteiger partial charge < -0.3 is 0 Å². The van der Waals surface area contributed by atoms with Gasteiger partial charge in [-0.2, -0.15) is 0 Å². The van der Waals surface area contributed by atoms with Crippen molar-refractivity contribution < 1.29 is 4.57 Å². The molecule has 0 radical (unpaired) electrons. The summed E-state index contributed by atoms with van der Waals surface area (Å²) < 4.78 is 7.84. The van der Waals surface area contributed by atoms with Crippen molar-refractivity contribution in [3.8, 4) is 15.0 Å². The Kier molecular flexibility index (Phi) is 4.46. The second kappa shape index (κ2) is 7.57. The van der Waals surface area contributed by atoms with Crippen molar-refractivity contribution >= 4 is 61.8 Å². The number of pyridine rings is 1. The fourth-order valence-electron chi connectivity index (χ4n) is 5.38. The van der Waals surface area contributed by atoms with Crippen LogP contribution in [0.2, 0.25) is 0 Å². The SMILES string of the molecule is Cc1c(-c2c3ccc(-n4c5ccccc5c5ccccc54)cc3cc[n+]2C)[te]c2ccccc12. The third-order valence-electron chi connectivity index (χ3n) is 7.02. The first-order valence-electron chi connectivity index (χ1n) is 11.6. The standard InChI is InChI=1S/C31H23N2Te/c1-20-23-9-5-8-14-29(23)34-31(20)30-24-16-15-22(19-21(24)17-18-32(30)2)33-27-12-6-3-10-25(27)26-11-4-7-13-28(26)33/h3-19H,1-2H3/q+1. The second-order valence-electron chi connectivity index (χ2n) is 8.97. The summed E-state index contributed by atoms with van der Waals surface area (Å²) in [6.07, 6.45) is 2.23. The van der Waals surface area contributed by atoms with Crippen LogP contribution in [0.25, 0.3) is 56.3 Å². The zero-order valence-electron chi connectivity index (χ0n) is 19.1. The first-order valence-corrected chi connectivity index (χ1v) is 13.9. The van der Waals surface area contributed by atoms with Crippen LogP contribution in [0.15, 0.2) is 103 Å². The summed E-state index contributed by atoms with van der Waals surface area (Å²) in [7, 11) is 2.19. The number of aryl methyl sites for hydroxylation is 2. The van der Waals surface area contributed by atoms with Crippen molar-refractivity contribution in [2.24, 2.45) is 7.05 Å². The van der Waals surface area contributed by atoms with Gasteiger partial charge >= 0.3 is 209 Å². The molecule has 7 aromatic rings. The summed E-state index contributed by atoms with van der Waals surface area (Å²) in [4.78, 5) is 0. The molecule has 3 aromatic heterocycles. The number of hydrogen-bond donors (Lipinski definition) is 0. The molecule has 3 heteroatoms. The Morgan fingerprint density at radius 3 is 2.03 bits per heavy atom. The van der Waals surface area contributed by atoms with Gasteiger partial charge in [-0.1, -0.05) is 0 Å². The van der Waals surface area contributed by atoms with E-state index in [1.807, 2.05) is 0 Å². The quantitative estimate of drug-likeness (QED) is 0.163. The van der Waals surface area contributed by atoms with Gasteiger partial charge in [0.15, 0.2) is 0 Å². The molecule has 0 fully saturated rings. The monoisotopic (exact) mass is 553 g/mol. The van der Waals surface area contributed by atoms with Gasteiger partial charge in [-0.25, -0.2) is 0 Å². The molecule has 7 rings (SSSR count). The average Bonchev–Trinajstić information content (AvgIpc) is 3.39. The van der Waals surface area contributed by atoms with E-state index in [1.54, 1.807) is 6.98 Å². The van der Waals surface area contributed by atoms with Gasteiger partial charge in [-0.05, 0) is 0 Å². The van der Waals surface area contributed by atoms with Crippen LogP contribution in [-0.2, 0) is 7.05 Å². The molecule has 0 atom stereocenters. The predicted octanol–water partition coefficient (Wildman–Crippen LogP) is 6.95. The van der Waals surface area contributed by atoms with Crippen LogP contribution >= 0.6 is 0 Å². The Balaban J connectivity index is 1.50. The average molecular weight is 551 g/mol. The van der Waals surface area contributed by atoms with Crippen LogP contribution in [0.3, 0.4) is 0 Å². The van der Waals surface area contributed by atoms with Crippen LogP contribution in [0, 0.1) is 6.92 Å². The molecule has 0 spiro atoms. The molecule has 0 N–H and O–H groups in total. The number of aromatic nitrogens is 2. The summed E-state index contributed by atoms with van der Waals surface area (Å²) in [6.45, 7) is 2.30. The maximum absolute atomic E-state index is 2.40. The van der Waals surface area contributed by atoms with E-state index in [0.29, 0.717) is 0 Å². The van der Waals surface area contributed by atoms with Gasteiger partial charge in [-0.3, -0.25) is 0 Å². The van der Waals surface area contributed by atoms with E-state index in [2.05, 4.69) is 126 Å². The molecule has 0 amide bonds. The van der Waals surface area contributed by atoms with Crippen molar-refractivity contribution in [2.45, 2.75) is 6.92 Å². The van der Waals surface area contributed by atoms with E-state index in [0.717, 1.165) is 0 Å². The summed E-state index contributed by atoms with van der Waals surface area (Å²) in [6, 6.07) is 35.6. The number of fused-ring (bicyclic) bond motifs is 5. The number of hydrogen-bond acceptors (Lipinski definition) is 0. The van der Waals surface area contributed by atoms with Gasteiger partial charge in [0.25, 0.3) is 0 Å². The molecule has 0 saturated carbocycles. The summed E-state index contributed by atoms with van der Waals surface area (Å²) in [5.41, 5.74) is 6.54. The fraction of sp³-hybridized carbons (Fsp3) is 0.0645. The molecular formula is C31H23N2Te+. The fourth-order valence-corrected chi connectivity index (χ4v) is 9.13. The predicted molar refractivity (Wildman–Crippen MR) is 144 cm³/mol. The molecule has 162 valence electrons. The van der Waals surface area contributed by atoms with Crippen molar-refractivity contribution in [3.05, 3.63) is 109 Å². The van der Waals surface area contributed by atoms with E-state index >= 15 is 0 Å². The minimum atomic E-state index is -0.408. The molecule has 3 heterocycles. The topological polar surface area (TPSA) is 8.81 Å². The maximum atomic E-state index is 2.40. The third-order valence-corrected chi connectivity index (χ3v) is 10.7. The van der Waals surface area contributed by atoms with Crippen LogP contribution in [0.5, 0.6) is 0 Å². The molecular weight excluding hydrogens is 528 g/mol. The molecule has 0 aliphatic heterocycles. The van der Waals surface area contributed by atoms with Gasteiger partial charge in [0.1, 0.15) is 0 Å². The number of benzene rings is 4. The first kappa shape index (κ1) is 20.0. The van der Waals surface area contributed by atoms with Crippen molar-refractivity contribution in [2.75, 3.05) is 0 Å². The van der Waals surface area contributed by atoms with Crippen molar-refractivity contribution in [1.82, 2.24) is 4.57 Å². The van der Waals surface area contributed by atoms with Crippen LogP contribution in [-0.4, -0.2) is 25.0 Å². The molecule has 0 aliphatic carbocycles. The Morgan fingerprint density at radius 2 is 1.32 bits per heavy atom. The van der Waals surface area contributed by atoms with Crippen molar-refractivity contribution in [3.63, 3.8) is 0 Å². The van der Waals surface area contributed by atoms with E-state index in [9.17, 15) is 0 Å². The summed E-state index contributed by atoms with van der Waals surface area (Å²) in [5, 5.41) is 6.67.